The Kier molecular flexibility index (Phi) is 5.92. The number of benzene rings is 3. The van der Waals surface area contributed by atoms with E-state index in [2.05, 4.69) is 10.6 Å². The molecular weight excluding hydrogens is 438 g/mol. The third-order valence-corrected chi connectivity index (χ3v) is 6.20. The summed E-state index contributed by atoms with van der Waals surface area (Å²) < 4.78 is 13.6. The number of nitrogens with zero attached hydrogens (tertiary/aromatic N) is 3. The maximum Gasteiger partial charge on any atom is 0.227 e. The normalized spacial score (nSPS) is 15.9. The molecule has 0 N–H and O–H groups in total. The van der Waals surface area contributed by atoms with E-state index in [9.17, 15) is 4.79 Å². The summed E-state index contributed by atoms with van der Waals surface area (Å²) in [4.78, 5) is 19.7. The predicted octanol–water partition coefficient (Wildman–Crippen LogP) is 5.30. The topological polar surface area (TPSA) is 56.6 Å². The standard InChI is InChI=1S/C26H24ClN3O3/c1-32-24-9-5-4-8-23(24)30-17-18(16-25(30)31)26-28-21-6-2-3-7-22(21)29(26)14-15-33-20-12-10-19(27)11-13-20/h2-13,18H,14-17H2,1H3/t18-/m0/s1. The highest BCUT2D eigenvalue weighted by atomic mass is 35.5. The van der Waals surface area contributed by atoms with Crippen LogP contribution in [0, 0.1) is 0 Å². The molecule has 168 valence electrons. The molecule has 7 heteroatoms. The molecule has 0 spiro atoms. The average Bonchev–Trinajstić information content (AvgIpc) is 3.41. The zero-order valence-corrected chi connectivity index (χ0v) is 19.0. The van der Waals surface area contributed by atoms with Crippen LogP contribution in [0.2, 0.25) is 5.02 Å². The Balaban J connectivity index is 1.41. The van der Waals surface area contributed by atoms with E-state index in [1.165, 1.54) is 0 Å². The monoisotopic (exact) mass is 461 g/mol. The highest BCUT2D eigenvalue weighted by Gasteiger charge is 2.35. The van der Waals surface area contributed by atoms with Crippen LogP contribution < -0.4 is 14.4 Å². The molecule has 0 unspecified atom stereocenters. The van der Waals surface area contributed by atoms with Crippen LogP contribution in [0.3, 0.4) is 0 Å². The maximum atomic E-state index is 13.0. The number of carbonyl (C=O) groups is 1. The summed E-state index contributed by atoms with van der Waals surface area (Å²) in [5.74, 6) is 2.41. The number of imidazole rings is 1. The number of aromatic nitrogens is 2. The molecule has 1 aromatic heterocycles. The fourth-order valence-corrected chi connectivity index (χ4v) is 4.52. The van der Waals surface area contributed by atoms with Crippen LogP contribution in [-0.4, -0.2) is 35.7 Å². The van der Waals surface area contributed by atoms with Gasteiger partial charge in [-0.2, -0.15) is 0 Å². The predicted molar refractivity (Wildman–Crippen MR) is 129 cm³/mol. The van der Waals surface area contributed by atoms with Crippen molar-refractivity contribution in [2.24, 2.45) is 0 Å². The van der Waals surface area contributed by atoms with Gasteiger partial charge in [-0.25, -0.2) is 4.98 Å². The molecule has 1 aliphatic rings. The van der Waals surface area contributed by atoms with E-state index in [0.29, 0.717) is 36.9 Å². The van der Waals surface area contributed by atoms with Crippen LogP contribution in [0.25, 0.3) is 11.0 Å². The Morgan fingerprint density at radius 1 is 1.03 bits per heavy atom. The van der Waals surface area contributed by atoms with Crippen molar-refractivity contribution in [3.63, 3.8) is 0 Å². The second-order valence-corrected chi connectivity index (χ2v) is 8.43. The number of amides is 1. The first-order valence-corrected chi connectivity index (χ1v) is 11.3. The van der Waals surface area contributed by atoms with Crippen LogP contribution in [0.15, 0.2) is 72.8 Å². The first-order valence-electron chi connectivity index (χ1n) is 10.9. The number of hydrogen-bond acceptors (Lipinski definition) is 4. The lowest BCUT2D eigenvalue weighted by Crippen LogP contribution is -2.25. The number of carbonyl (C=O) groups excluding carboxylic acids is 1. The maximum absolute atomic E-state index is 13.0. The molecule has 3 aromatic carbocycles. The van der Waals surface area contributed by atoms with E-state index < -0.39 is 0 Å². The van der Waals surface area contributed by atoms with Crippen molar-refractivity contribution >= 4 is 34.2 Å². The van der Waals surface area contributed by atoms with Gasteiger partial charge in [-0.15, -0.1) is 0 Å². The fourth-order valence-electron chi connectivity index (χ4n) is 4.39. The van der Waals surface area contributed by atoms with Crippen LogP contribution >= 0.6 is 11.6 Å². The van der Waals surface area contributed by atoms with E-state index in [1.54, 1.807) is 12.0 Å². The van der Waals surface area contributed by atoms with Crippen LogP contribution in [0.4, 0.5) is 5.69 Å². The molecule has 33 heavy (non-hydrogen) atoms. The summed E-state index contributed by atoms with van der Waals surface area (Å²) in [5, 5.41) is 0.677. The molecule has 1 atom stereocenters. The second-order valence-electron chi connectivity index (χ2n) is 7.99. The Bertz CT molecular complexity index is 1290. The van der Waals surface area contributed by atoms with E-state index in [4.69, 9.17) is 26.1 Å². The van der Waals surface area contributed by atoms with Gasteiger partial charge >= 0.3 is 0 Å². The van der Waals surface area contributed by atoms with Crippen molar-refractivity contribution in [2.75, 3.05) is 25.2 Å². The minimum absolute atomic E-state index is 0.0228. The van der Waals surface area contributed by atoms with E-state index >= 15 is 0 Å². The fraction of sp³-hybridized carbons (Fsp3) is 0.231. The third kappa shape index (κ3) is 4.26. The molecule has 1 fully saturated rings. The van der Waals surface area contributed by atoms with E-state index in [0.717, 1.165) is 28.3 Å². The quantitative estimate of drug-likeness (QED) is 0.375. The number of ether oxygens (including phenoxy) is 2. The number of fused-ring (bicyclic) bond motifs is 1. The lowest BCUT2D eigenvalue weighted by molar-refractivity contribution is -0.117. The molecule has 0 bridgehead atoms. The Morgan fingerprint density at radius 2 is 1.79 bits per heavy atom. The number of halogens is 1. The lowest BCUT2D eigenvalue weighted by atomic mass is 10.1. The molecule has 6 nitrogen and oxygen atoms in total. The summed E-state index contributed by atoms with van der Waals surface area (Å²) in [6.07, 6.45) is 0.402. The van der Waals surface area contributed by atoms with Crippen molar-refractivity contribution in [1.29, 1.82) is 0 Å². The number of para-hydroxylation sites is 4. The Labute approximate surface area is 197 Å². The van der Waals surface area contributed by atoms with Gasteiger partial charge in [0, 0.05) is 23.9 Å². The zero-order valence-electron chi connectivity index (χ0n) is 18.3. The van der Waals surface area contributed by atoms with Gasteiger partial charge in [0.25, 0.3) is 0 Å². The largest absolute Gasteiger partial charge is 0.495 e. The smallest absolute Gasteiger partial charge is 0.227 e. The van der Waals surface area contributed by atoms with E-state index in [1.807, 2.05) is 66.7 Å². The van der Waals surface area contributed by atoms with Crippen LogP contribution in [0.1, 0.15) is 18.2 Å². The molecule has 0 radical (unpaired) electrons. The molecule has 0 aliphatic carbocycles. The molecule has 5 rings (SSSR count). The van der Waals surface area contributed by atoms with Gasteiger partial charge in [0.05, 0.1) is 30.4 Å². The van der Waals surface area contributed by atoms with Crippen molar-refractivity contribution in [2.45, 2.75) is 18.9 Å². The minimum atomic E-state index is -0.0228. The molecule has 4 aromatic rings. The van der Waals surface area contributed by atoms with Crippen molar-refractivity contribution in [3.8, 4) is 11.5 Å². The summed E-state index contributed by atoms with van der Waals surface area (Å²) in [6, 6.07) is 23.0. The molecular formula is C26H24ClN3O3. The summed E-state index contributed by atoms with van der Waals surface area (Å²) in [5.41, 5.74) is 2.75. The van der Waals surface area contributed by atoms with E-state index in [-0.39, 0.29) is 11.8 Å². The van der Waals surface area contributed by atoms with Gasteiger partial charge in [-0.1, -0.05) is 35.9 Å². The summed E-state index contributed by atoms with van der Waals surface area (Å²) in [6.45, 7) is 1.66. The molecule has 1 saturated heterocycles. The van der Waals surface area contributed by atoms with Crippen molar-refractivity contribution in [1.82, 2.24) is 9.55 Å². The van der Waals surface area contributed by atoms with Crippen molar-refractivity contribution < 1.29 is 14.3 Å². The average molecular weight is 462 g/mol. The first-order chi connectivity index (χ1) is 16.1. The van der Waals surface area contributed by atoms with Crippen LogP contribution in [-0.2, 0) is 11.3 Å². The van der Waals surface area contributed by atoms with Crippen LogP contribution in [0.5, 0.6) is 11.5 Å². The zero-order chi connectivity index (χ0) is 22.8. The van der Waals surface area contributed by atoms with Gasteiger partial charge in [0.2, 0.25) is 5.91 Å². The highest BCUT2D eigenvalue weighted by Crippen LogP contribution is 2.37. The number of methoxy groups -OCH3 is 1. The summed E-state index contributed by atoms with van der Waals surface area (Å²) >= 11 is 5.97. The number of rotatable bonds is 7. The SMILES string of the molecule is COc1ccccc1N1C[C@@H](c2nc3ccccc3n2CCOc2ccc(Cl)cc2)CC1=O. The van der Waals surface area contributed by atoms with Crippen molar-refractivity contribution in [3.05, 3.63) is 83.6 Å². The summed E-state index contributed by atoms with van der Waals surface area (Å²) in [7, 11) is 1.62. The first kappa shape index (κ1) is 21.3. The van der Waals surface area contributed by atoms with Gasteiger partial charge in [-0.3, -0.25) is 4.79 Å². The lowest BCUT2D eigenvalue weighted by Gasteiger charge is -2.20. The van der Waals surface area contributed by atoms with Gasteiger partial charge in [0.15, 0.2) is 0 Å². The molecule has 1 aliphatic heterocycles. The molecule has 1 amide bonds. The van der Waals surface area contributed by atoms with Gasteiger partial charge in [-0.05, 0) is 48.5 Å². The Morgan fingerprint density at radius 3 is 2.61 bits per heavy atom. The third-order valence-electron chi connectivity index (χ3n) is 5.95. The Hall–Kier alpha value is -3.51. The number of anilines is 1. The van der Waals surface area contributed by atoms with Gasteiger partial charge < -0.3 is 18.9 Å². The van der Waals surface area contributed by atoms with Gasteiger partial charge in [0.1, 0.15) is 23.9 Å². The molecule has 2 heterocycles. The number of hydrogen-bond donors (Lipinski definition) is 0. The highest BCUT2D eigenvalue weighted by molar-refractivity contribution is 6.30. The molecule has 0 saturated carbocycles. The minimum Gasteiger partial charge on any atom is -0.495 e. The second kappa shape index (κ2) is 9.16.